The lowest BCUT2D eigenvalue weighted by Gasteiger charge is -2.13. The van der Waals surface area contributed by atoms with Crippen LogP contribution in [0.15, 0.2) is 36.4 Å². The van der Waals surface area contributed by atoms with Gasteiger partial charge in [0.05, 0.1) is 5.38 Å². The molecule has 21 heavy (non-hydrogen) atoms. The molecule has 112 valence electrons. The first-order chi connectivity index (χ1) is 9.88. The van der Waals surface area contributed by atoms with Gasteiger partial charge in [-0.05, 0) is 23.5 Å². The first kappa shape index (κ1) is 15.9. The molecule has 0 amide bonds. The first-order valence-corrected chi connectivity index (χ1v) is 7.19. The molecule has 0 nitrogen and oxygen atoms in total. The van der Waals surface area contributed by atoms with Crippen LogP contribution in [0.5, 0.6) is 0 Å². The van der Waals surface area contributed by atoms with Gasteiger partial charge < -0.3 is 0 Å². The van der Waals surface area contributed by atoms with Crippen LogP contribution >= 0.6 is 11.6 Å². The highest BCUT2D eigenvalue weighted by Crippen LogP contribution is 2.33. The van der Waals surface area contributed by atoms with Crippen LogP contribution in [0.25, 0.3) is 0 Å². The maximum absolute atomic E-state index is 13.7. The second-order valence-corrected chi connectivity index (χ2v) is 5.92. The predicted octanol–water partition coefficient (Wildman–Crippen LogP) is 5.63. The largest absolute Gasteiger partial charge is 0.207 e. The van der Waals surface area contributed by atoms with Crippen LogP contribution in [0.4, 0.5) is 13.2 Å². The molecule has 4 heteroatoms. The van der Waals surface area contributed by atoms with Gasteiger partial charge in [-0.2, -0.15) is 0 Å². The zero-order valence-corrected chi connectivity index (χ0v) is 12.6. The lowest BCUT2D eigenvalue weighted by Crippen LogP contribution is -2.03. The van der Waals surface area contributed by atoms with Gasteiger partial charge in [-0.15, -0.1) is 11.6 Å². The average Bonchev–Trinajstić information content (AvgIpc) is 2.37. The van der Waals surface area contributed by atoms with E-state index < -0.39 is 22.8 Å². The molecule has 0 heterocycles. The van der Waals surface area contributed by atoms with Crippen molar-refractivity contribution in [2.45, 2.75) is 25.6 Å². The van der Waals surface area contributed by atoms with E-state index in [0.29, 0.717) is 23.6 Å². The van der Waals surface area contributed by atoms with E-state index in [1.807, 2.05) is 12.1 Å². The summed E-state index contributed by atoms with van der Waals surface area (Å²) in [5, 5.41) is -0.987. The van der Waals surface area contributed by atoms with Crippen molar-refractivity contribution in [1.82, 2.24) is 0 Å². The molecule has 2 aromatic rings. The van der Waals surface area contributed by atoms with E-state index in [9.17, 15) is 13.2 Å². The number of hydrogen-bond donors (Lipinski definition) is 0. The minimum absolute atomic E-state index is 0.324. The summed E-state index contributed by atoms with van der Waals surface area (Å²) in [5.74, 6) is -2.38. The molecule has 0 bridgehead atoms. The van der Waals surface area contributed by atoms with Gasteiger partial charge in [-0.3, -0.25) is 0 Å². The first-order valence-electron chi connectivity index (χ1n) is 6.76. The lowest BCUT2D eigenvalue weighted by atomic mass is 9.98. The van der Waals surface area contributed by atoms with Crippen molar-refractivity contribution >= 4 is 11.6 Å². The van der Waals surface area contributed by atoms with Gasteiger partial charge >= 0.3 is 0 Å². The Morgan fingerprint density at radius 2 is 1.48 bits per heavy atom. The summed E-state index contributed by atoms with van der Waals surface area (Å²) >= 11 is 6.15. The molecule has 0 aliphatic rings. The van der Waals surface area contributed by atoms with E-state index in [1.54, 1.807) is 12.1 Å². The van der Waals surface area contributed by atoms with Gasteiger partial charge in [0.15, 0.2) is 0 Å². The summed E-state index contributed by atoms with van der Waals surface area (Å²) < 4.78 is 40.4. The molecule has 0 aliphatic carbocycles. The van der Waals surface area contributed by atoms with Crippen molar-refractivity contribution in [2.75, 3.05) is 0 Å². The van der Waals surface area contributed by atoms with Crippen molar-refractivity contribution in [3.05, 3.63) is 70.5 Å². The Labute approximate surface area is 127 Å². The zero-order chi connectivity index (χ0) is 15.6. The maximum atomic E-state index is 13.7. The standard InChI is InChI=1S/C17H16ClF3/c1-10(2)7-11-3-5-12(6-4-11)17(18)16-14(20)8-13(19)9-15(16)21/h3-6,8-10,17H,7H2,1-2H3. The van der Waals surface area contributed by atoms with Crippen molar-refractivity contribution in [3.8, 4) is 0 Å². The quantitative estimate of drug-likeness (QED) is 0.642. The molecule has 2 rings (SSSR count). The highest BCUT2D eigenvalue weighted by atomic mass is 35.5. The van der Waals surface area contributed by atoms with Crippen LogP contribution in [-0.4, -0.2) is 0 Å². The smallest absolute Gasteiger partial charge is 0.134 e. The molecule has 0 radical (unpaired) electrons. The third-order valence-electron chi connectivity index (χ3n) is 3.21. The molecule has 1 atom stereocenters. The Morgan fingerprint density at radius 1 is 0.952 bits per heavy atom. The Bertz CT molecular complexity index is 597. The minimum Gasteiger partial charge on any atom is -0.207 e. The Balaban J connectivity index is 2.30. The second kappa shape index (κ2) is 6.52. The highest BCUT2D eigenvalue weighted by molar-refractivity contribution is 6.22. The van der Waals surface area contributed by atoms with E-state index in [0.717, 1.165) is 12.0 Å². The van der Waals surface area contributed by atoms with Gasteiger partial charge in [0.2, 0.25) is 0 Å². The molecule has 0 saturated carbocycles. The number of halogens is 4. The van der Waals surface area contributed by atoms with Crippen molar-refractivity contribution < 1.29 is 13.2 Å². The minimum atomic E-state index is -0.987. The Hall–Kier alpha value is -1.48. The van der Waals surface area contributed by atoms with Gasteiger partial charge in [-0.1, -0.05) is 38.1 Å². The van der Waals surface area contributed by atoms with Crippen molar-refractivity contribution in [2.24, 2.45) is 5.92 Å². The normalized spacial score (nSPS) is 12.7. The van der Waals surface area contributed by atoms with E-state index >= 15 is 0 Å². The summed E-state index contributed by atoms with van der Waals surface area (Å²) in [6.07, 6.45) is 0.923. The fraction of sp³-hybridized carbons (Fsp3) is 0.294. The van der Waals surface area contributed by atoms with E-state index in [-0.39, 0.29) is 5.56 Å². The number of alkyl halides is 1. The summed E-state index contributed by atoms with van der Waals surface area (Å²) in [4.78, 5) is 0. The van der Waals surface area contributed by atoms with E-state index in [4.69, 9.17) is 11.6 Å². The Morgan fingerprint density at radius 3 is 1.95 bits per heavy atom. The van der Waals surface area contributed by atoms with E-state index in [1.165, 1.54) is 0 Å². The SMILES string of the molecule is CC(C)Cc1ccc(C(Cl)c2c(F)cc(F)cc2F)cc1. The fourth-order valence-electron chi connectivity index (χ4n) is 2.26. The molecule has 0 aromatic heterocycles. The van der Waals surface area contributed by atoms with Crippen LogP contribution in [-0.2, 0) is 6.42 Å². The van der Waals surface area contributed by atoms with Crippen LogP contribution < -0.4 is 0 Å². The summed E-state index contributed by atoms with van der Waals surface area (Å²) in [5.41, 5.74) is 1.39. The number of hydrogen-bond acceptors (Lipinski definition) is 0. The van der Waals surface area contributed by atoms with Crippen LogP contribution in [0.2, 0.25) is 0 Å². The molecular weight excluding hydrogens is 297 g/mol. The summed E-state index contributed by atoms with van der Waals surface area (Å²) in [6.45, 7) is 4.23. The van der Waals surface area contributed by atoms with Crippen molar-refractivity contribution in [1.29, 1.82) is 0 Å². The molecule has 0 fully saturated rings. The van der Waals surface area contributed by atoms with Crippen molar-refractivity contribution in [3.63, 3.8) is 0 Å². The molecular formula is C17H16ClF3. The summed E-state index contributed by atoms with van der Waals surface area (Å²) in [7, 11) is 0. The van der Waals surface area contributed by atoms with Gasteiger partial charge in [0.1, 0.15) is 17.5 Å². The molecule has 0 N–H and O–H groups in total. The third kappa shape index (κ3) is 3.79. The topological polar surface area (TPSA) is 0 Å². The third-order valence-corrected chi connectivity index (χ3v) is 3.68. The summed E-state index contributed by atoms with van der Waals surface area (Å²) in [6, 6.07) is 8.56. The lowest BCUT2D eigenvalue weighted by molar-refractivity contribution is 0.526. The highest BCUT2D eigenvalue weighted by Gasteiger charge is 2.21. The monoisotopic (exact) mass is 312 g/mol. The second-order valence-electron chi connectivity index (χ2n) is 5.49. The fourth-order valence-corrected chi connectivity index (χ4v) is 2.61. The van der Waals surface area contributed by atoms with Crippen LogP contribution in [0.1, 0.15) is 35.9 Å². The number of rotatable bonds is 4. The molecule has 0 saturated heterocycles. The van der Waals surface area contributed by atoms with Gasteiger partial charge in [0.25, 0.3) is 0 Å². The zero-order valence-electron chi connectivity index (χ0n) is 11.8. The van der Waals surface area contributed by atoms with Gasteiger partial charge in [0, 0.05) is 17.7 Å². The van der Waals surface area contributed by atoms with Crippen LogP contribution in [0, 0.1) is 23.4 Å². The number of benzene rings is 2. The molecule has 0 aliphatic heterocycles. The van der Waals surface area contributed by atoms with Crippen LogP contribution in [0.3, 0.4) is 0 Å². The Kier molecular flexibility index (Phi) is 4.94. The maximum Gasteiger partial charge on any atom is 0.134 e. The molecule has 1 unspecified atom stereocenters. The van der Waals surface area contributed by atoms with E-state index in [2.05, 4.69) is 13.8 Å². The molecule has 0 spiro atoms. The van der Waals surface area contributed by atoms with Gasteiger partial charge in [-0.25, -0.2) is 13.2 Å². The average molecular weight is 313 g/mol. The predicted molar refractivity (Wildman–Crippen MR) is 79.0 cm³/mol. The molecule has 2 aromatic carbocycles.